The quantitative estimate of drug-likeness (QED) is 0.742. The summed E-state index contributed by atoms with van der Waals surface area (Å²) in [6.45, 7) is 2.85. The van der Waals surface area contributed by atoms with E-state index in [1.54, 1.807) is 0 Å². The Morgan fingerprint density at radius 2 is 2.16 bits per heavy atom. The molecule has 3 heteroatoms. The van der Waals surface area contributed by atoms with Gasteiger partial charge in [0.15, 0.2) is 0 Å². The Morgan fingerprint density at radius 3 is 3.00 bits per heavy atom. The highest BCUT2D eigenvalue weighted by Crippen LogP contribution is 2.59. The Bertz CT molecular complexity index is 719. The van der Waals surface area contributed by atoms with E-state index < -0.39 is 0 Å². The molecule has 3 aliphatic rings. The number of nitrogens with zero attached hydrogens (tertiary/aromatic N) is 1. The highest BCUT2D eigenvalue weighted by Gasteiger charge is 2.54. The lowest BCUT2D eigenvalue weighted by atomic mass is 9.55. The predicted octanol–water partition coefficient (Wildman–Crippen LogP) is 4.79. The number of benzene rings is 1. The summed E-state index contributed by atoms with van der Waals surface area (Å²) in [4.78, 5) is 12.4. The van der Waals surface area contributed by atoms with Crippen LogP contribution in [0.4, 0.5) is 0 Å². The largest absolute Gasteiger partial charge is 0.494 e. The van der Waals surface area contributed by atoms with E-state index in [9.17, 15) is 4.79 Å². The molecule has 25 heavy (non-hydrogen) atoms. The zero-order valence-corrected chi connectivity index (χ0v) is 15.1. The predicted molar refractivity (Wildman–Crippen MR) is 96.4 cm³/mol. The summed E-state index contributed by atoms with van der Waals surface area (Å²) >= 11 is 0. The Hall–Kier alpha value is -1.82. The minimum absolute atomic E-state index is 0.0392. The van der Waals surface area contributed by atoms with Crippen molar-refractivity contribution in [3.8, 4) is 11.8 Å². The van der Waals surface area contributed by atoms with Crippen LogP contribution >= 0.6 is 0 Å². The molecule has 2 fully saturated rings. The number of carbonyl (C=O) groups excluding carboxylic acids is 1. The van der Waals surface area contributed by atoms with Crippen LogP contribution in [0, 0.1) is 28.6 Å². The highest BCUT2D eigenvalue weighted by molar-refractivity contribution is 5.87. The van der Waals surface area contributed by atoms with Gasteiger partial charge in [-0.1, -0.05) is 13.0 Å². The molecule has 0 amide bonds. The van der Waals surface area contributed by atoms with E-state index in [4.69, 9.17) is 10.00 Å². The zero-order valence-electron chi connectivity index (χ0n) is 15.1. The third kappa shape index (κ3) is 2.76. The number of carbonyl (C=O) groups is 1. The topological polar surface area (TPSA) is 50.1 Å². The van der Waals surface area contributed by atoms with Crippen LogP contribution in [0.2, 0.25) is 0 Å². The van der Waals surface area contributed by atoms with E-state index in [1.165, 1.54) is 17.5 Å². The van der Waals surface area contributed by atoms with Crippen molar-refractivity contribution in [1.82, 2.24) is 0 Å². The standard InChI is InChI=1S/C22H27NO2/c1-22-11-10-18-17-7-5-16(25-13-3-2-12-23)14-15(17)4-6-19(18)20(22)8-9-21(22)24/h5,7,14,18-20H,2-4,6,8-11,13H2,1H3. The van der Waals surface area contributed by atoms with Crippen molar-refractivity contribution in [2.24, 2.45) is 17.3 Å². The Morgan fingerprint density at radius 1 is 1.28 bits per heavy atom. The lowest BCUT2D eigenvalue weighted by Crippen LogP contribution is -2.42. The molecule has 0 saturated heterocycles. The number of unbranched alkanes of at least 4 members (excludes halogenated alkanes) is 1. The molecule has 132 valence electrons. The SMILES string of the molecule is CC12CCC3c4ccc(OCCCC#N)cc4CCC3C1CCC2=O. The summed E-state index contributed by atoms with van der Waals surface area (Å²) in [6, 6.07) is 8.74. The first-order valence-corrected chi connectivity index (χ1v) is 9.79. The molecule has 0 aliphatic heterocycles. The van der Waals surface area contributed by atoms with E-state index in [1.807, 2.05) is 0 Å². The Labute approximate surface area is 150 Å². The summed E-state index contributed by atoms with van der Waals surface area (Å²) < 4.78 is 5.81. The van der Waals surface area contributed by atoms with Gasteiger partial charge in [-0.25, -0.2) is 0 Å². The van der Waals surface area contributed by atoms with Gasteiger partial charge in [-0.15, -0.1) is 0 Å². The first kappa shape index (κ1) is 16.6. The van der Waals surface area contributed by atoms with Crippen LogP contribution in [-0.4, -0.2) is 12.4 Å². The maximum absolute atomic E-state index is 12.4. The van der Waals surface area contributed by atoms with Crippen LogP contribution in [0.25, 0.3) is 0 Å². The molecular formula is C22H27NO2. The third-order valence-corrected chi connectivity index (χ3v) is 7.11. The molecule has 4 rings (SSSR count). The van der Waals surface area contributed by atoms with Crippen molar-refractivity contribution in [3.05, 3.63) is 29.3 Å². The number of rotatable bonds is 4. The van der Waals surface area contributed by atoms with Gasteiger partial charge in [0.2, 0.25) is 0 Å². The van der Waals surface area contributed by atoms with Gasteiger partial charge >= 0.3 is 0 Å². The van der Waals surface area contributed by atoms with Gasteiger partial charge in [-0.2, -0.15) is 5.26 Å². The Kier molecular flexibility index (Phi) is 4.31. The van der Waals surface area contributed by atoms with Crippen LogP contribution in [-0.2, 0) is 11.2 Å². The monoisotopic (exact) mass is 337 g/mol. The molecule has 0 spiro atoms. The first-order valence-electron chi connectivity index (χ1n) is 9.79. The molecule has 4 unspecified atom stereocenters. The van der Waals surface area contributed by atoms with Crippen molar-refractivity contribution in [2.45, 2.75) is 64.2 Å². The summed E-state index contributed by atoms with van der Waals surface area (Å²) in [6.07, 6.45) is 7.76. The molecule has 0 aromatic heterocycles. The normalized spacial score (nSPS) is 33.1. The van der Waals surface area contributed by atoms with Crippen molar-refractivity contribution < 1.29 is 9.53 Å². The minimum atomic E-state index is -0.0392. The minimum Gasteiger partial charge on any atom is -0.494 e. The van der Waals surface area contributed by atoms with Gasteiger partial charge in [0.05, 0.1) is 12.7 Å². The molecule has 2 saturated carbocycles. The highest BCUT2D eigenvalue weighted by atomic mass is 16.5. The number of aryl methyl sites for hydroxylation is 1. The fraction of sp³-hybridized carbons (Fsp3) is 0.636. The van der Waals surface area contributed by atoms with E-state index in [0.29, 0.717) is 36.6 Å². The molecule has 1 aromatic carbocycles. The van der Waals surface area contributed by atoms with Crippen LogP contribution in [0.15, 0.2) is 18.2 Å². The lowest BCUT2D eigenvalue weighted by molar-refractivity contribution is -0.129. The molecule has 1 aromatic rings. The number of Topliss-reactive ketones (excluding diaryl/α,β-unsaturated/α-hetero) is 1. The smallest absolute Gasteiger partial charge is 0.139 e. The number of nitriles is 1. The average molecular weight is 337 g/mol. The maximum Gasteiger partial charge on any atom is 0.139 e. The van der Waals surface area contributed by atoms with Gasteiger partial charge in [-0.3, -0.25) is 4.79 Å². The number of hydrogen-bond donors (Lipinski definition) is 0. The second-order valence-electron chi connectivity index (χ2n) is 8.30. The van der Waals surface area contributed by atoms with Crippen molar-refractivity contribution >= 4 is 5.78 Å². The van der Waals surface area contributed by atoms with Crippen molar-refractivity contribution in [1.29, 1.82) is 5.26 Å². The van der Waals surface area contributed by atoms with Gasteiger partial charge in [0, 0.05) is 18.3 Å². The summed E-state index contributed by atoms with van der Waals surface area (Å²) in [5.74, 6) is 3.35. The van der Waals surface area contributed by atoms with Gasteiger partial charge in [-0.05, 0) is 79.5 Å². The van der Waals surface area contributed by atoms with E-state index in [-0.39, 0.29) is 5.41 Å². The number of fused-ring (bicyclic) bond motifs is 5. The maximum atomic E-state index is 12.4. The van der Waals surface area contributed by atoms with Gasteiger partial charge in [0.1, 0.15) is 11.5 Å². The molecule has 3 nitrogen and oxygen atoms in total. The Balaban J connectivity index is 1.51. The van der Waals surface area contributed by atoms with Crippen LogP contribution < -0.4 is 4.74 Å². The zero-order chi connectivity index (χ0) is 17.4. The summed E-state index contributed by atoms with van der Waals surface area (Å²) in [7, 11) is 0. The average Bonchev–Trinajstić information content (AvgIpc) is 2.93. The molecule has 0 bridgehead atoms. The molecule has 3 aliphatic carbocycles. The summed E-state index contributed by atoms with van der Waals surface area (Å²) in [5, 5.41) is 8.60. The first-order chi connectivity index (χ1) is 12.1. The number of hydrogen-bond acceptors (Lipinski definition) is 3. The van der Waals surface area contributed by atoms with Crippen LogP contribution in [0.3, 0.4) is 0 Å². The third-order valence-electron chi connectivity index (χ3n) is 7.11. The van der Waals surface area contributed by atoms with Gasteiger partial charge < -0.3 is 4.74 Å². The summed E-state index contributed by atoms with van der Waals surface area (Å²) in [5.41, 5.74) is 2.90. The van der Waals surface area contributed by atoms with Gasteiger partial charge in [0.25, 0.3) is 0 Å². The van der Waals surface area contributed by atoms with E-state index >= 15 is 0 Å². The second kappa shape index (κ2) is 6.48. The molecule has 0 radical (unpaired) electrons. The van der Waals surface area contributed by atoms with Crippen molar-refractivity contribution in [3.63, 3.8) is 0 Å². The van der Waals surface area contributed by atoms with Crippen LogP contribution in [0.5, 0.6) is 5.75 Å². The molecule has 4 atom stereocenters. The van der Waals surface area contributed by atoms with Crippen LogP contribution in [0.1, 0.15) is 68.9 Å². The van der Waals surface area contributed by atoms with E-state index in [2.05, 4.69) is 31.2 Å². The lowest BCUT2D eigenvalue weighted by Gasteiger charge is -2.48. The van der Waals surface area contributed by atoms with Crippen molar-refractivity contribution in [2.75, 3.05) is 6.61 Å². The number of ether oxygens (including phenoxy) is 1. The molecule has 0 N–H and O–H groups in total. The second-order valence-corrected chi connectivity index (χ2v) is 8.30. The molecule has 0 heterocycles. The molecular weight excluding hydrogens is 310 g/mol. The fourth-order valence-corrected chi connectivity index (χ4v) is 5.76. The number of ketones is 1. The fourth-order valence-electron chi connectivity index (χ4n) is 5.76. The van der Waals surface area contributed by atoms with E-state index in [0.717, 1.165) is 44.3 Å².